The third-order valence-corrected chi connectivity index (χ3v) is 4.08. The smallest absolute Gasteiger partial charge is 0.136 e. The van der Waals surface area contributed by atoms with Gasteiger partial charge in [-0.15, -0.1) is 0 Å². The summed E-state index contributed by atoms with van der Waals surface area (Å²) in [5, 5.41) is 10.4. The third-order valence-electron chi connectivity index (χ3n) is 4.08. The standard InChI is InChI=1S/C13H26FNO/c1-3-4-5-8-12(2,14)13(16)9-6-11(15)7-10-13/h11,16H,3-10,15H2,1-2H3. The Bertz CT molecular complexity index is 210. The van der Waals surface area contributed by atoms with Crippen LogP contribution in [0.3, 0.4) is 0 Å². The Morgan fingerprint density at radius 3 is 2.44 bits per heavy atom. The molecule has 0 aromatic rings. The van der Waals surface area contributed by atoms with Crippen LogP contribution in [0.15, 0.2) is 0 Å². The topological polar surface area (TPSA) is 46.2 Å². The lowest BCUT2D eigenvalue weighted by molar-refractivity contribution is -0.122. The second-order valence-corrected chi connectivity index (χ2v) is 5.52. The molecule has 0 saturated heterocycles. The van der Waals surface area contributed by atoms with Gasteiger partial charge in [0.15, 0.2) is 0 Å². The molecule has 1 aliphatic rings. The molecule has 1 aliphatic carbocycles. The van der Waals surface area contributed by atoms with E-state index in [0.29, 0.717) is 19.3 Å². The summed E-state index contributed by atoms with van der Waals surface area (Å²) in [5.41, 5.74) is 3.19. The molecule has 1 unspecified atom stereocenters. The lowest BCUT2D eigenvalue weighted by Gasteiger charge is -2.43. The van der Waals surface area contributed by atoms with Crippen LogP contribution in [-0.2, 0) is 0 Å². The van der Waals surface area contributed by atoms with Gasteiger partial charge in [0.25, 0.3) is 0 Å². The largest absolute Gasteiger partial charge is 0.387 e. The maximum Gasteiger partial charge on any atom is 0.136 e. The zero-order valence-electron chi connectivity index (χ0n) is 10.6. The van der Waals surface area contributed by atoms with Crippen LogP contribution in [0.25, 0.3) is 0 Å². The molecule has 3 heteroatoms. The lowest BCUT2D eigenvalue weighted by Crippen LogP contribution is -2.52. The molecule has 0 spiro atoms. The van der Waals surface area contributed by atoms with Gasteiger partial charge in [-0.05, 0) is 39.0 Å². The molecular formula is C13H26FNO. The summed E-state index contributed by atoms with van der Waals surface area (Å²) in [7, 11) is 0. The van der Waals surface area contributed by atoms with E-state index >= 15 is 0 Å². The molecule has 0 aliphatic heterocycles. The highest BCUT2D eigenvalue weighted by Gasteiger charge is 2.48. The van der Waals surface area contributed by atoms with Gasteiger partial charge < -0.3 is 10.8 Å². The highest BCUT2D eigenvalue weighted by molar-refractivity contribution is 5.00. The monoisotopic (exact) mass is 231 g/mol. The van der Waals surface area contributed by atoms with Crippen LogP contribution in [0, 0.1) is 0 Å². The molecule has 0 aromatic carbocycles. The van der Waals surface area contributed by atoms with Crippen LogP contribution < -0.4 is 5.73 Å². The summed E-state index contributed by atoms with van der Waals surface area (Å²) in [6, 6.07) is 0.145. The SMILES string of the molecule is CCCCCC(C)(F)C1(O)CCC(N)CC1. The van der Waals surface area contributed by atoms with Crippen molar-refractivity contribution in [2.24, 2.45) is 5.73 Å². The highest BCUT2D eigenvalue weighted by Crippen LogP contribution is 2.41. The molecule has 1 rings (SSSR count). The van der Waals surface area contributed by atoms with Crippen molar-refractivity contribution in [1.82, 2.24) is 0 Å². The Morgan fingerprint density at radius 2 is 1.94 bits per heavy atom. The van der Waals surface area contributed by atoms with E-state index in [1.165, 1.54) is 0 Å². The second kappa shape index (κ2) is 5.46. The summed E-state index contributed by atoms with van der Waals surface area (Å²) < 4.78 is 14.5. The van der Waals surface area contributed by atoms with Crippen molar-refractivity contribution in [2.75, 3.05) is 0 Å². The fourth-order valence-electron chi connectivity index (χ4n) is 2.58. The van der Waals surface area contributed by atoms with Crippen LogP contribution >= 0.6 is 0 Å². The molecule has 1 fully saturated rings. The fourth-order valence-corrected chi connectivity index (χ4v) is 2.58. The maximum absolute atomic E-state index is 14.5. The normalized spacial score (nSPS) is 34.7. The van der Waals surface area contributed by atoms with Crippen molar-refractivity contribution >= 4 is 0 Å². The Hall–Kier alpha value is -0.150. The van der Waals surface area contributed by atoms with E-state index < -0.39 is 11.3 Å². The minimum absolute atomic E-state index is 0.145. The predicted octanol–water partition coefficient (Wildman–Crippen LogP) is 2.93. The third kappa shape index (κ3) is 3.17. The van der Waals surface area contributed by atoms with E-state index in [-0.39, 0.29) is 6.04 Å². The van der Waals surface area contributed by atoms with Gasteiger partial charge in [0, 0.05) is 6.04 Å². The second-order valence-electron chi connectivity index (χ2n) is 5.52. The van der Waals surface area contributed by atoms with Gasteiger partial charge in [-0.1, -0.05) is 26.2 Å². The molecule has 0 amide bonds. The van der Waals surface area contributed by atoms with Gasteiger partial charge in [-0.25, -0.2) is 4.39 Å². The quantitative estimate of drug-likeness (QED) is 0.715. The summed E-state index contributed by atoms with van der Waals surface area (Å²) in [5.74, 6) is 0. The summed E-state index contributed by atoms with van der Waals surface area (Å²) in [6.07, 6.45) is 5.94. The Kier molecular flexibility index (Phi) is 4.74. The van der Waals surface area contributed by atoms with Gasteiger partial charge in [-0.2, -0.15) is 0 Å². The number of unbranched alkanes of at least 4 members (excludes halogenated alkanes) is 2. The van der Waals surface area contributed by atoms with E-state index in [1.54, 1.807) is 6.92 Å². The molecule has 0 radical (unpaired) electrons. The average molecular weight is 231 g/mol. The van der Waals surface area contributed by atoms with Crippen molar-refractivity contribution in [3.63, 3.8) is 0 Å². The Labute approximate surface area is 98.4 Å². The predicted molar refractivity (Wildman–Crippen MR) is 65.0 cm³/mol. The highest BCUT2D eigenvalue weighted by atomic mass is 19.1. The van der Waals surface area contributed by atoms with Crippen molar-refractivity contribution in [3.8, 4) is 0 Å². The van der Waals surface area contributed by atoms with Gasteiger partial charge in [-0.3, -0.25) is 0 Å². The van der Waals surface area contributed by atoms with E-state index in [1.807, 2.05) is 0 Å². The molecule has 96 valence electrons. The molecule has 0 bridgehead atoms. The van der Waals surface area contributed by atoms with Crippen molar-refractivity contribution in [3.05, 3.63) is 0 Å². The zero-order chi connectivity index (χ0) is 12.2. The van der Waals surface area contributed by atoms with Crippen LogP contribution in [0.5, 0.6) is 0 Å². The van der Waals surface area contributed by atoms with E-state index in [9.17, 15) is 9.50 Å². The lowest BCUT2D eigenvalue weighted by atomic mass is 9.71. The molecular weight excluding hydrogens is 205 g/mol. The first kappa shape index (κ1) is 13.9. The number of rotatable bonds is 5. The van der Waals surface area contributed by atoms with Crippen LogP contribution in [-0.4, -0.2) is 22.4 Å². The van der Waals surface area contributed by atoms with Crippen LogP contribution in [0.1, 0.15) is 65.2 Å². The number of hydrogen-bond acceptors (Lipinski definition) is 2. The first-order chi connectivity index (χ1) is 7.41. The summed E-state index contributed by atoms with van der Waals surface area (Å²) in [4.78, 5) is 0. The van der Waals surface area contributed by atoms with E-state index in [4.69, 9.17) is 5.73 Å². The Morgan fingerprint density at radius 1 is 1.38 bits per heavy atom. The van der Waals surface area contributed by atoms with Crippen molar-refractivity contribution < 1.29 is 9.50 Å². The summed E-state index contributed by atoms with van der Waals surface area (Å²) in [6.45, 7) is 3.66. The molecule has 3 N–H and O–H groups in total. The molecule has 0 heterocycles. The number of alkyl halides is 1. The fraction of sp³-hybridized carbons (Fsp3) is 1.00. The zero-order valence-corrected chi connectivity index (χ0v) is 10.6. The molecule has 1 saturated carbocycles. The first-order valence-corrected chi connectivity index (χ1v) is 6.58. The molecule has 2 nitrogen and oxygen atoms in total. The Balaban J connectivity index is 2.52. The first-order valence-electron chi connectivity index (χ1n) is 6.58. The minimum atomic E-state index is -1.46. The van der Waals surface area contributed by atoms with E-state index in [0.717, 1.165) is 32.1 Å². The number of aliphatic hydroxyl groups is 1. The van der Waals surface area contributed by atoms with Gasteiger partial charge in [0.1, 0.15) is 5.67 Å². The molecule has 1 atom stereocenters. The van der Waals surface area contributed by atoms with E-state index in [2.05, 4.69) is 6.92 Å². The number of nitrogens with two attached hydrogens (primary N) is 1. The summed E-state index contributed by atoms with van der Waals surface area (Å²) >= 11 is 0. The van der Waals surface area contributed by atoms with Crippen LogP contribution in [0.4, 0.5) is 4.39 Å². The molecule has 16 heavy (non-hydrogen) atoms. The number of hydrogen-bond donors (Lipinski definition) is 2. The van der Waals surface area contributed by atoms with Gasteiger partial charge in [0.05, 0.1) is 5.60 Å². The minimum Gasteiger partial charge on any atom is -0.387 e. The maximum atomic E-state index is 14.5. The van der Waals surface area contributed by atoms with Gasteiger partial charge in [0.2, 0.25) is 0 Å². The van der Waals surface area contributed by atoms with Gasteiger partial charge >= 0.3 is 0 Å². The van der Waals surface area contributed by atoms with Crippen molar-refractivity contribution in [2.45, 2.75) is 82.5 Å². The number of halogens is 1. The molecule has 0 aromatic heterocycles. The van der Waals surface area contributed by atoms with Crippen LogP contribution in [0.2, 0.25) is 0 Å². The average Bonchev–Trinajstić information content (AvgIpc) is 2.23. The van der Waals surface area contributed by atoms with Crippen molar-refractivity contribution in [1.29, 1.82) is 0 Å².